The van der Waals surface area contributed by atoms with Crippen molar-refractivity contribution in [2.75, 3.05) is 0 Å². The Balaban J connectivity index is 2.30. The fourth-order valence-electron chi connectivity index (χ4n) is 3.04. The minimum atomic E-state index is -4.98. The second kappa shape index (κ2) is 6.03. The van der Waals surface area contributed by atoms with Crippen LogP contribution in [0.2, 0.25) is 0 Å². The average molecular weight is 377 g/mol. The summed E-state index contributed by atoms with van der Waals surface area (Å²) in [4.78, 5) is 15.7. The predicted octanol–water partition coefficient (Wildman–Crippen LogP) is 4.02. The highest BCUT2D eigenvalue weighted by Crippen LogP contribution is 2.40. The van der Waals surface area contributed by atoms with Crippen molar-refractivity contribution in [2.24, 2.45) is 5.73 Å². The first-order valence-electron chi connectivity index (χ1n) is 7.67. The highest BCUT2D eigenvalue weighted by molar-refractivity contribution is 5.97. The lowest BCUT2D eigenvalue weighted by atomic mass is 10.0. The number of rotatable bonds is 2. The van der Waals surface area contributed by atoms with Crippen molar-refractivity contribution in [3.05, 3.63) is 40.8 Å². The Hall–Kier alpha value is -2.52. The fourth-order valence-corrected chi connectivity index (χ4v) is 3.04. The summed E-state index contributed by atoms with van der Waals surface area (Å²) < 4.78 is 80.0. The van der Waals surface area contributed by atoms with Gasteiger partial charge in [-0.1, -0.05) is 0 Å². The van der Waals surface area contributed by atoms with Crippen molar-refractivity contribution in [2.45, 2.75) is 38.2 Å². The first-order chi connectivity index (χ1) is 12.0. The number of alkyl halides is 6. The van der Waals surface area contributed by atoms with E-state index in [1.807, 2.05) is 0 Å². The number of hydrogen-bond acceptors (Lipinski definition) is 2. The van der Waals surface area contributed by atoms with Gasteiger partial charge in [0.15, 0.2) is 5.69 Å². The molecular formula is C16H13F6N3O. The van der Waals surface area contributed by atoms with E-state index in [1.165, 1.54) is 4.57 Å². The Bertz CT molecular complexity index is 834. The summed E-state index contributed by atoms with van der Waals surface area (Å²) in [6.45, 7) is 0.336. The molecule has 1 aliphatic rings. The number of nitrogens with two attached hydrogens (primary N) is 1. The summed E-state index contributed by atoms with van der Waals surface area (Å²) in [5.74, 6) is -0.584. The number of benzene rings is 1. The minimum Gasteiger partial charge on any atom is -0.364 e. The molecule has 1 aliphatic heterocycles. The molecule has 0 aliphatic carbocycles. The first-order valence-corrected chi connectivity index (χ1v) is 7.67. The average Bonchev–Trinajstić information content (AvgIpc) is 2.92. The van der Waals surface area contributed by atoms with Crippen LogP contribution in [0.25, 0.3) is 11.3 Å². The van der Waals surface area contributed by atoms with Crippen molar-refractivity contribution in [1.29, 1.82) is 0 Å². The smallest absolute Gasteiger partial charge is 0.364 e. The van der Waals surface area contributed by atoms with Gasteiger partial charge in [-0.05, 0) is 31.0 Å². The van der Waals surface area contributed by atoms with Crippen LogP contribution in [0.1, 0.15) is 40.3 Å². The third-order valence-electron chi connectivity index (χ3n) is 4.17. The van der Waals surface area contributed by atoms with E-state index in [9.17, 15) is 31.1 Å². The number of aromatic nitrogens is 2. The molecule has 0 radical (unpaired) electrons. The maximum Gasteiger partial charge on any atom is 0.416 e. The molecule has 0 spiro atoms. The normalized spacial score (nSPS) is 15.0. The highest BCUT2D eigenvalue weighted by Gasteiger charge is 2.38. The molecule has 0 atom stereocenters. The summed E-state index contributed by atoms with van der Waals surface area (Å²) in [5.41, 5.74) is 1.52. The summed E-state index contributed by atoms with van der Waals surface area (Å²) >= 11 is 0. The van der Waals surface area contributed by atoms with E-state index in [0.29, 0.717) is 37.3 Å². The molecule has 1 amide bonds. The number of hydrogen-bond donors (Lipinski definition) is 1. The molecule has 0 unspecified atom stereocenters. The van der Waals surface area contributed by atoms with Crippen LogP contribution in [-0.4, -0.2) is 15.5 Å². The number of nitrogens with zero attached hydrogens (tertiary/aromatic N) is 2. The van der Waals surface area contributed by atoms with Gasteiger partial charge in [0.2, 0.25) is 0 Å². The third kappa shape index (κ3) is 3.27. The molecule has 2 aromatic rings. The number of imidazole rings is 1. The molecule has 3 rings (SSSR count). The Kier molecular flexibility index (Phi) is 4.24. The largest absolute Gasteiger partial charge is 0.416 e. The summed E-state index contributed by atoms with van der Waals surface area (Å²) in [6.07, 6.45) is -8.07. The quantitative estimate of drug-likeness (QED) is 0.804. The van der Waals surface area contributed by atoms with Crippen LogP contribution in [0.5, 0.6) is 0 Å². The zero-order valence-electron chi connectivity index (χ0n) is 13.2. The minimum absolute atomic E-state index is 0.0426. The van der Waals surface area contributed by atoms with Crippen molar-refractivity contribution in [3.8, 4) is 11.3 Å². The lowest BCUT2D eigenvalue weighted by molar-refractivity contribution is -0.143. The van der Waals surface area contributed by atoms with E-state index < -0.39 is 29.4 Å². The zero-order chi connectivity index (χ0) is 19.3. The number of amides is 1. The van der Waals surface area contributed by atoms with Gasteiger partial charge < -0.3 is 10.3 Å². The maximum absolute atomic E-state index is 13.1. The van der Waals surface area contributed by atoms with Crippen LogP contribution >= 0.6 is 0 Å². The van der Waals surface area contributed by atoms with Crippen LogP contribution in [0, 0.1) is 0 Å². The molecule has 10 heteroatoms. The van der Waals surface area contributed by atoms with Gasteiger partial charge in [-0.3, -0.25) is 4.79 Å². The molecule has 140 valence electrons. The Morgan fingerprint density at radius 2 is 1.58 bits per heavy atom. The molecule has 4 nitrogen and oxygen atoms in total. The summed E-state index contributed by atoms with van der Waals surface area (Å²) in [6, 6.07) is 1.21. The predicted molar refractivity (Wildman–Crippen MR) is 79.1 cm³/mol. The Morgan fingerprint density at radius 3 is 2.08 bits per heavy atom. The van der Waals surface area contributed by atoms with Gasteiger partial charge in [0, 0.05) is 18.5 Å². The van der Waals surface area contributed by atoms with E-state index >= 15 is 0 Å². The van der Waals surface area contributed by atoms with E-state index in [0.717, 1.165) is 6.42 Å². The van der Waals surface area contributed by atoms with Gasteiger partial charge in [0.1, 0.15) is 5.82 Å². The Labute approximate surface area is 143 Å². The standard InChI is InChI=1S/C16H13F6N3O/c17-15(18,19)9-5-8(6-10(7-9)16(20,21)22)13-12(14(23)26)24-11-3-1-2-4-25(11)13/h5-7H,1-4H2,(H2,23,26). The van der Waals surface area contributed by atoms with Gasteiger partial charge in [-0.25, -0.2) is 4.98 Å². The molecule has 0 saturated heterocycles. The van der Waals surface area contributed by atoms with Gasteiger partial charge >= 0.3 is 12.4 Å². The van der Waals surface area contributed by atoms with Crippen molar-refractivity contribution < 1.29 is 31.1 Å². The third-order valence-corrected chi connectivity index (χ3v) is 4.17. The molecule has 0 bridgehead atoms. The molecule has 0 fully saturated rings. The zero-order valence-corrected chi connectivity index (χ0v) is 13.2. The highest BCUT2D eigenvalue weighted by atomic mass is 19.4. The number of aryl methyl sites for hydroxylation is 1. The van der Waals surface area contributed by atoms with E-state index in [4.69, 9.17) is 5.73 Å². The SMILES string of the molecule is NC(=O)c1nc2n(c1-c1cc(C(F)(F)F)cc(C(F)(F)F)c1)CCCC2. The molecule has 0 saturated carbocycles. The second-order valence-corrected chi connectivity index (χ2v) is 5.99. The van der Waals surface area contributed by atoms with Gasteiger partial charge in [-0.15, -0.1) is 0 Å². The van der Waals surface area contributed by atoms with Gasteiger partial charge in [-0.2, -0.15) is 26.3 Å². The summed E-state index contributed by atoms with van der Waals surface area (Å²) in [7, 11) is 0. The Morgan fingerprint density at radius 1 is 1.00 bits per heavy atom. The molecule has 1 aromatic carbocycles. The van der Waals surface area contributed by atoms with Crippen molar-refractivity contribution >= 4 is 5.91 Å². The topological polar surface area (TPSA) is 60.9 Å². The number of fused-ring (bicyclic) bond motifs is 1. The summed E-state index contributed by atoms with van der Waals surface area (Å²) in [5, 5.41) is 0. The number of primary amides is 1. The van der Waals surface area contributed by atoms with Crippen LogP contribution in [0.3, 0.4) is 0 Å². The van der Waals surface area contributed by atoms with Crippen LogP contribution in [0.15, 0.2) is 18.2 Å². The lowest BCUT2D eigenvalue weighted by Gasteiger charge is -2.18. The second-order valence-electron chi connectivity index (χ2n) is 5.99. The molecule has 2 heterocycles. The fraction of sp³-hybridized carbons (Fsp3) is 0.375. The number of carbonyl (C=O) groups is 1. The van der Waals surface area contributed by atoms with E-state index in [1.54, 1.807) is 0 Å². The van der Waals surface area contributed by atoms with Crippen LogP contribution in [-0.2, 0) is 25.3 Å². The first kappa shape index (κ1) is 18.3. The van der Waals surface area contributed by atoms with E-state index in [2.05, 4.69) is 4.98 Å². The van der Waals surface area contributed by atoms with Crippen LogP contribution < -0.4 is 5.73 Å². The van der Waals surface area contributed by atoms with Crippen molar-refractivity contribution in [1.82, 2.24) is 9.55 Å². The van der Waals surface area contributed by atoms with Crippen molar-refractivity contribution in [3.63, 3.8) is 0 Å². The molecule has 26 heavy (non-hydrogen) atoms. The van der Waals surface area contributed by atoms with Gasteiger partial charge in [0.25, 0.3) is 5.91 Å². The number of carbonyl (C=O) groups excluding carboxylic acids is 1. The van der Waals surface area contributed by atoms with E-state index in [-0.39, 0.29) is 23.0 Å². The monoisotopic (exact) mass is 377 g/mol. The van der Waals surface area contributed by atoms with Gasteiger partial charge in [0.05, 0.1) is 16.8 Å². The lowest BCUT2D eigenvalue weighted by Crippen LogP contribution is -2.16. The molecule has 1 aromatic heterocycles. The molecular weight excluding hydrogens is 364 g/mol. The maximum atomic E-state index is 13.1. The van der Waals surface area contributed by atoms with Crippen LogP contribution in [0.4, 0.5) is 26.3 Å². The number of halogens is 6. The molecule has 2 N–H and O–H groups in total.